The van der Waals surface area contributed by atoms with E-state index in [-0.39, 0.29) is 35.6 Å². The van der Waals surface area contributed by atoms with Crippen LogP contribution in [0.25, 0.3) is 0 Å². The van der Waals surface area contributed by atoms with Gasteiger partial charge in [-0.15, -0.1) is 0 Å². The minimum atomic E-state index is -5.43. The van der Waals surface area contributed by atoms with E-state index in [4.69, 9.17) is 4.74 Å². The highest BCUT2D eigenvalue weighted by molar-refractivity contribution is 7.92. The fraction of sp³-hybridized carbons (Fsp3) is 0.458. The number of nitrogens with zero attached hydrogens (tertiary/aromatic N) is 2. The number of halogens is 3. The van der Waals surface area contributed by atoms with Crippen LogP contribution in [0.2, 0.25) is 0 Å². The molecule has 13 heteroatoms. The Bertz CT molecular complexity index is 1360. The number of benzene rings is 2. The molecule has 2 aliphatic rings. The van der Waals surface area contributed by atoms with Crippen LogP contribution in [0, 0.1) is 0 Å². The Balaban J connectivity index is 1.49. The lowest BCUT2D eigenvalue weighted by molar-refractivity contribution is -0.0436. The van der Waals surface area contributed by atoms with Crippen molar-refractivity contribution >= 4 is 31.3 Å². The SMILES string of the molecule is CS(=O)(=O)c1ccc(OC2CCCC2)c(C(=O)N2CCN(c3ccc(S(=O)(=O)C(F)(F)F)cc3)CC2)c1. The van der Waals surface area contributed by atoms with Gasteiger partial charge in [0.25, 0.3) is 15.7 Å². The Morgan fingerprint density at radius 2 is 1.46 bits per heavy atom. The highest BCUT2D eigenvalue weighted by Gasteiger charge is 2.46. The predicted molar refractivity (Wildman–Crippen MR) is 130 cm³/mol. The maximum Gasteiger partial charge on any atom is 0.501 e. The maximum absolute atomic E-state index is 13.4. The van der Waals surface area contributed by atoms with Crippen LogP contribution in [-0.4, -0.2) is 71.7 Å². The molecule has 8 nitrogen and oxygen atoms in total. The van der Waals surface area contributed by atoms with Gasteiger partial charge in [-0.1, -0.05) is 0 Å². The number of anilines is 1. The monoisotopic (exact) mass is 560 g/mol. The average Bonchev–Trinajstić information content (AvgIpc) is 3.36. The summed E-state index contributed by atoms with van der Waals surface area (Å²) in [5, 5.41) is 0. The van der Waals surface area contributed by atoms with E-state index in [1.54, 1.807) is 4.90 Å². The Morgan fingerprint density at radius 1 is 0.892 bits per heavy atom. The molecule has 4 rings (SSSR count). The zero-order valence-corrected chi connectivity index (χ0v) is 21.7. The number of hydrogen-bond acceptors (Lipinski definition) is 7. The number of carbonyl (C=O) groups excluding carboxylic acids is 1. The number of carbonyl (C=O) groups is 1. The zero-order chi connectivity index (χ0) is 27.0. The van der Waals surface area contributed by atoms with E-state index >= 15 is 0 Å². The first-order valence-electron chi connectivity index (χ1n) is 11.7. The normalized spacial score (nSPS) is 17.7. The second kappa shape index (κ2) is 10.2. The molecule has 202 valence electrons. The average molecular weight is 561 g/mol. The molecule has 0 spiro atoms. The van der Waals surface area contributed by atoms with E-state index in [0.29, 0.717) is 24.5 Å². The Hall–Kier alpha value is -2.80. The highest BCUT2D eigenvalue weighted by Crippen LogP contribution is 2.32. The van der Waals surface area contributed by atoms with E-state index < -0.39 is 30.1 Å². The molecular formula is C24H27F3N2O6S2. The summed E-state index contributed by atoms with van der Waals surface area (Å²) in [6.45, 7) is 1.24. The second-order valence-corrected chi connectivity index (χ2v) is 13.1. The molecular weight excluding hydrogens is 533 g/mol. The standard InChI is InChI=1S/C24H27F3N2O6S2/c1-36(31,32)20-10-11-22(35-18-4-2-3-5-18)21(16-20)23(30)29-14-12-28(13-15-29)17-6-8-19(9-7-17)37(33,34)24(25,26)27/h6-11,16,18H,2-5,12-15H2,1H3. The maximum atomic E-state index is 13.4. The number of alkyl halides is 3. The topological polar surface area (TPSA) is 101 Å². The largest absolute Gasteiger partial charge is 0.501 e. The molecule has 2 fully saturated rings. The van der Waals surface area contributed by atoms with E-state index in [0.717, 1.165) is 44.1 Å². The summed E-state index contributed by atoms with van der Waals surface area (Å²) in [4.78, 5) is 16.0. The van der Waals surface area contributed by atoms with Gasteiger partial charge in [-0.25, -0.2) is 16.8 Å². The Morgan fingerprint density at radius 3 is 2.00 bits per heavy atom. The Labute approximate surface area is 213 Å². The summed E-state index contributed by atoms with van der Waals surface area (Å²) in [6.07, 6.45) is 4.82. The van der Waals surface area contributed by atoms with Crippen LogP contribution in [0.1, 0.15) is 36.0 Å². The molecule has 0 radical (unpaired) electrons. The second-order valence-electron chi connectivity index (χ2n) is 9.18. The summed E-state index contributed by atoms with van der Waals surface area (Å²) < 4.78 is 91.8. The van der Waals surface area contributed by atoms with Gasteiger partial charge in [0.2, 0.25) is 0 Å². The molecule has 1 heterocycles. The van der Waals surface area contributed by atoms with Crippen LogP contribution in [0.15, 0.2) is 52.3 Å². The zero-order valence-electron chi connectivity index (χ0n) is 20.1. The van der Waals surface area contributed by atoms with Gasteiger partial charge in [0, 0.05) is 38.1 Å². The predicted octanol–water partition coefficient (Wildman–Crippen LogP) is 3.67. The van der Waals surface area contributed by atoms with Crippen LogP contribution < -0.4 is 9.64 Å². The molecule has 0 N–H and O–H groups in total. The molecule has 1 amide bonds. The van der Waals surface area contributed by atoms with Gasteiger partial charge in [0.1, 0.15) is 5.75 Å². The number of sulfone groups is 2. The lowest BCUT2D eigenvalue weighted by atomic mass is 10.1. The van der Waals surface area contributed by atoms with E-state index in [9.17, 15) is 34.8 Å². The van der Waals surface area contributed by atoms with Gasteiger partial charge < -0.3 is 14.5 Å². The van der Waals surface area contributed by atoms with Crippen LogP contribution in [0.3, 0.4) is 0 Å². The molecule has 37 heavy (non-hydrogen) atoms. The molecule has 0 bridgehead atoms. The van der Waals surface area contributed by atoms with Crippen molar-refractivity contribution in [1.29, 1.82) is 0 Å². The molecule has 0 unspecified atom stereocenters. The first kappa shape index (κ1) is 27.2. The summed E-state index contributed by atoms with van der Waals surface area (Å²) in [7, 11) is -8.98. The molecule has 1 aliphatic carbocycles. The molecule has 2 aromatic rings. The lowest BCUT2D eigenvalue weighted by Crippen LogP contribution is -2.49. The van der Waals surface area contributed by atoms with Crippen molar-refractivity contribution in [3.05, 3.63) is 48.0 Å². The van der Waals surface area contributed by atoms with Crippen LogP contribution in [0.5, 0.6) is 5.75 Å². The molecule has 1 saturated heterocycles. The van der Waals surface area contributed by atoms with Crippen molar-refractivity contribution in [3.8, 4) is 5.75 Å². The van der Waals surface area contributed by atoms with Crippen LogP contribution in [0.4, 0.5) is 18.9 Å². The lowest BCUT2D eigenvalue weighted by Gasteiger charge is -2.36. The smallest absolute Gasteiger partial charge is 0.490 e. The van der Waals surface area contributed by atoms with Gasteiger partial charge >= 0.3 is 5.51 Å². The number of hydrogen-bond donors (Lipinski definition) is 0. The van der Waals surface area contributed by atoms with Crippen molar-refractivity contribution < 1.29 is 39.5 Å². The van der Waals surface area contributed by atoms with Crippen LogP contribution >= 0.6 is 0 Å². The van der Waals surface area contributed by atoms with Crippen molar-refractivity contribution in [1.82, 2.24) is 4.90 Å². The van der Waals surface area contributed by atoms with Gasteiger partial charge in [-0.2, -0.15) is 13.2 Å². The third-order valence-corrected chi connectivity index (χ3v) is 9.20. The third-order valence-electron chi connectivity index (χ3n) is 6.59. The summed E-state index contributed by atoms with van der Waals surface area (Å²) >= 11 is 0. The first-order chi connectivity index (χ1) is 17.3. The van der Waals surface area contributed by atoms with Crippen molar-refractivity contribution in [2.45, 2.75) is 47.1 Å². The fourth-order valence-corrected chi connectivity index (χ4v) is 5.91. The van der Waals surface area contributed by atoms with Gasteiger partial charge in [0.15, 0.2) is 9.84 Å². The minimum absolute atomic E-state index is 0.0159. The Kier molecular flexibility index (Phi) is 7.48. The quantitative estimate of drug-likeness (QED) is 0.532. The molecule has 1 saturated carbocycles. The minimum Gasteiger partial charge on any atom is -0.490 e. The summed E-state index contributed by atoms with van der Waals surface area (Å²) in [6, 6.07) is 8.73. The third kappa shape index (κ3) is 5.87. The first-order valence-corrected chi connectivity index (χ1v) is 15.1. The number of amides is 1. The van der Waals surface area contributed by atoms with Crippen molar-refractivity contribution in [2.24, 2.45) is 0 Å². The summed E-state index contributed by atoms with van der Waals surface area (Å²) in [5.74, 6) is -0.0297. The fourth-order valence-electron chi connectivity index (χ4n) is 4.50. The number of piperazine rings is 1. The van der Waals surface area contributed by atoms with E-state index in [1.165, 1.54) is 30.3 Å². The summed E-state index contributed by atoms with van der Waals surface area (Å²) in [5.41, 5.74) is -4.68. The molecule has 2 aromatic carbocycles. The number of ether oxygens (including phenoxy) is 1. The molecule has 0 aromatic heterocycles. The van der Waals surface area contributed by atoms with Gasteiger partial charge in [-0.05, 0) is 68.1 Å². The highest BCUT2D eigenvalue weighted by atomic mass is 32.2. The van der Waals surface area contributed by atoms with E-state index in [2.05, 4.69) is 0 Å². The van der Waals surface area contributed by atoms with Crippen molar-refractivity contribution in [2.75, 3.05) is 37.3 Å². The number of rotatable bonds is 6. The molecule has 0 atom stereocenters. The van der Waals surface area contributed by atoms with Crippen LogP contribution in [-0.2, 0) is 19.7 Å². The van der Waals surface area contributed by atoms with Crippen molar-refractivity contribution in [3.63, 3.8) is 0 Å². The molecule has 1 aliphatic heterocycles. The van der Waals surface area contributed by atoms with Gasteiger partial charge in [0.05, 0.1) is 21.5 Å². The van der Waals surface area contributed by atoms with Gasteiger partial charge in [-0.3, -0.25) is 4.79 Å². The van der Waals surface area contributed by atoms with E-state index in [1.807, 2.05) is 4.90 Å².